The third-order valence-electron chi connectivity index (χ3n) is 4.78. The van der Waals surface area contributed by atoms with Gasteiger partial charge < -0.3 is 14.8 Å². The van der Waals surface area contributed by atoms with Crippen LogP contribution >= 0.6 is 0 Å². The average molecular weight is 421 g/mol. The Bertz CT molecular complexity index is 1170. The van der Waals surface area contributed by atoms with Crippen LogP contribution in [0.2, 0.25) is 0 Å². The Balaban J connectivity index is 1.85. The molecule has 0 radical (unpaired) electrons. The molecule has 0 aliphatic heterocycles. The van der Waals surface area contributed by atoms with E-state index in [0.29, 0.717) is 53.4 Å². The van der Waals surface area contributed by atoms with Crippen molar-refractivity contribution in [2.45, 2.75) is 13.3 Å². The number of aryl methyl sites for hydroxylation is 1. The minimum atomic E-state index is -0.306. The van der Waals surface area contributed by atoms with Crippen molar-refractivity contribution in [3.05, 3.63) is 63.7 Å². The van der Waals surface area contributed by atoms with Gasteiger partial charge in [-0.3, -0.25) is 14.7 Å². The summed E-state index contributed by atoms with van der Waals surface area (Å²) in [5.74, 6) is 0.509. The Kier molecular flexibility index (Phi) is 6.85. The molecular formula is C22H23N5O4. The second-order valence-corrected chi connectivity index (χ2v) is 6.81. The lowest BCUT2D eigenvalue weighted by Gasteiger charge is -2.08. The summed E-state index contributed by atoms with van der Waals surface area (Å²) in [5.41, 5.74) is 2.34. The summed E-state index contributed by atoms with van der Waals surface area (Å²) in [6.07, 6.45) is 3.71. The number of H-pyrrole nitrogens is 1. The molecule has 0 fully saturated rings. The van der Waals surface area contributed by atoms with E-state index in [-0.39, 0.29) is 11.5 Å². The SMILES string of the molecule is COCCCNC(=O)c1ccc(-n2[nH]cc(-c3cc(OC)c(C#N)cc3C)c2=O)nc1. The Labute approximate surface area is 179 Å². The fourth-order valence-corrected chi connectivity index (χ4v) is 3.14. The average Bonchev–Trinajstić information content (AvgIpc) is 3.17. The molecule has 160 valence electrons. The smallest absolute Gasteiger partial charge is 0.280 e. The number of hydrogen-bond acceptors (Lipinski definition) is 6. The summed E-state index contributed by atoms with van der Waals surface area (Å²) >= 11 is 0. The van der Waals surface area contributed by atoms with Gasteiger partial charge in [0.25, 0.3) is 11.5 Å². The van der Waals surface area contributed by atoms with Gasteiger partial charge in [0.05, 0.1) is 23.8 Å². The van der Waals surface area contributed by atoms with Crippen molar-refractivity contribution >= 4 is 5.91 Å². The number of ether oxygens (including phenoxy) is 2. The van der Waals surface area contributed by atoms with E-state index in [0.717, 1.165) is 5.56 Å². The molecule has 3 aromatic rings. The van der Waals surface area contributed by atoms with Crippen LogP contribution in [0.4, 0.5) is 0 Å². The van der Waals surface area contributed by atoms with Gasteiger partial charge in [0.15, 0.2) is 5.82 Å². The van der Waals surface area contributed by atoms with Crippen LogP contribution in [0.25, 0.3) is 16.9 Å². The third kappa shape index (κ3) is 4.65. The number of amides is 1. The first-order valence-electron chi connectivity index (χ1n) is 9.63. The van der Waals surface area contributed by atoms with Crippen LogP contribution in [0, 0.1) is 18.3 Å². The van der Waals surface area contributed by atoms with Crippen LogP contribution in [0.15, 0.2) is 41.5 Å². The standard InChI is InChI=1S/C22H23N5O4/c1-14-9-16(11-23)19(31-3)10-17(14)18-13-26-27(22(18)29)20-6-5-15(12-25-20)21(28)24-7-4-8-30-2/h5-6,9-10,12-13,26H,4,7-8H2,1-3H3,(H,24,28). The highest BCUT2D eigenvalue weighted by molar-refractivity contribution is 5.93. The molecule has 9 nitrogen and oxygen atoms in total. The molecule has 0 aliphatic rings. The molecule has 0 spiro atoms. The van der Waals surface area contributed by atoms with Crippen LogP contribution in [-0.4, -0.2) is 48.0 Å². The zero-order chi connectivity index (χ0) is 22.4. The van der Waals surface area contributed by atoms with Crippen molar-refractivity contribution in [3.8, 4) is 28.8 Å². The molecule has 0 aliphatic carbocycles. The summed E-state index contributed by atoms with van der Waals surface area (Å²) in [4.78, 5) is 29.4. The lowest BCUT2D eigenvalue weighted by molar-refractivity contribution is 0.0948. The minimum absolute atomic E-state index is 0.241. The van der Waals surface area contributed by atoms with Gasteiger partial charge in [-0.1, -0.05) is 0 Å². The van der Waals surface area contributed by atoms with E-state index in [1.54, 1.807) is 37.6 Å². The van der Waals surface area contributed by atoms with E-state index < -0.39 is 0 Å². The van der Waals surface area contributed by atoms with Gasteiger partial charge in [0, 0.05) is 32.7 Å². The second-order valence-electron chi connectivity index (χ2n) is 6.81. The van der Waals surface area contributed by atoms with Gasteiger partial charge in [-0.05, 0) is 48.7 Å². The third-order valence-corrected chi connectivity index (χ3v) is 4.78. The first-order chi connectivity index (χ1) is 15.0. The van der Waals surface area contributed by atoms with E-state index in [2.05, 4.69) is 21.5 Å². The highest BCUT2D eigenvalue weighted by atomic mass is 16.5. The Morgan fingerprint density at radius 1 is 1.29 bits per heavy atom. The largest absolute Gasteiger partial charge is 0.495 e. The second kappa shape index (κ2) is 9.73. The molecule has 2 heterocycles. The monoisotopic (exact) mass is 421 g/mol. The maximum atomic E-state index is 13.0. The highest BCUT2D eigenvalue weighted by Crippen LogP contribution is 2.29. The number of methoxy groups -OCH3 is 2. The van der Waals surface area contributed by atoms with Gasteiger partial charge in [-0.2, -0.15) is 5.26 Å². The molecule has 0 saturated carbocycles. The summed E-state index contributed by atoms with van der Waals surface area (Å²) in [5, 5.41) is 14.9. The number of rotatable bonds is 8. The van der Waals surface area contributed by atoms with Crippen molar-refractivity contribution in [2.75, 3.05) is 27.4 Å². The Morgan fingerprint density at radius 2 is 2.10 bits per heavy atom. The molecule has 1 aromatic carbocycles. The first-order valence-corrected chi connectivity index (χ1v) is 9.63. The number of carbonyl (C=O) groups excluding carboxylic acids is 1. The van der Waals surface area contributed by atoms with E-state index in [1.807, 2.05) is 6.92 Å². The minimum Gasteiger partial charge on any atom is -0.495 e. The van der Waals surface area contributed by atoms with Crippen molar-refractivity contribution in [2.24, 2.45) is 0 Å². The summed E-state index contributed by atoms with van der Waals surface area (Å²) in [6.45, 7) is 2.89. The fourth-order valence-electron chi connectivity index (χ4n) is 3.14. The molecule has 0 saturated heterocycles. The Morgan fingerprint density at radius 3 is 2.74 bits per heavy atom. The zero-order valence-corrected chi connectivity index (χ0v) is 17.6. The van der Waals surface area contributed by atoms with Crippen molar-refractivity contribution in [3.63, 3.8) is 0 Å². The molecule has 31 heavy (non-hydrogen) atoms. The quantitative estimate of drug-likeness (QED) is 0.538. The number of pyridine rings is 1. The van der Waals surface area contributed by atoms with E-state index in [4.69, 9.17) is 9.47 Å². The lowest BCUT2D eigenvalue weighted by atomic mass is 10.00. The predicted molar refractivity (Wildman–Crippen MR) is 114 cm³/mol. The number of nitrogens with zero attached hydrogens (tertiary/aromatic N) is 3. The van der Waals surface area contributed by atoms with Crippen LogP contribution < -0.4 is 15.6 Å². The number of aromatic nitrogens is 3. The molecule has 0 bridgehead atoms. The molecular weight excluding hydrogens is 398 g/mol. The zero-order valence-electron chi connectivity index (χ0n) is 17.6. The first kappa shape index (κ1) is 21.8. The van der Waals surface area contributed by atoms with Gasteiger partial charge in [0.2, 0.25) is 0 Å². The van der Waals surface area contributed by atoms with Gasteiger partial charge in [-0.15, -0.1) is 0 Å². The van der Waals surface area contributed by atoms with E-state index >= 15 is 0 Å². The normalized spacial score (nSPS) is 10.5. The fraction of sp³-hybridized carbons (Fsp3) is 0.273. The number of carbonyl (C=O) groups is 1. The Hall–Kier alpha value is -3.90. The molecule has 2 aromatic heterocycles. The highest BCUT2D eigenvalue weighted by Gasteiger charge is 2.16. The van der Waals surface area contributed by atoms with Crippen LogP contribution in [0.1, 0.15) is 27.9 Å². The molecule has 0 atom stereocenters. The number of hydrogen-bond donors (Lipinski definition) is 2. The van der Waals surface area contributed by atoms with Gasteiger partial charge in [0.1, 0.15) is 11.8 Å². The summed E-state index contributed by atoms with van der Waals surface area (Å²) < 4.78 is 11.5. The van der Waals surface area contributed by atoms with Gasteiger partial charge in [-0.25, -0.2) is 9.67 Å². The number of nitrogens with one attached hydrogen (secondary N) is 2. The predicted octanol–water partition coefficient (Wildman–Crippen LogP) is 2.18. The van der Waals surface area contributed by atoms with Crippen LogP contribution in [0.3, 0.4) is 0 Å². The maximum Gasteiger partial charge on any atom is 0.280 e. The molecule has 9 heteroatoms. The van der Waals surface area contributed by atoms with Crippen molar-refractivity contribution in [1.29, 1.82) is 5.26 Å². The van der Waals surface area contributed by atoms with Crippen molar-refractivity contribution < 1.29 is 14.3 Å². The van der Waals surface area contributed by atoms with E-state index in [9.17, 15) is 14.9 Å². The number of nitriles is 1. The van der Waals surface area contributed by atoms with Crippen molar-refractivity contribution in [1.82, 2.24) is 20.1 Å². The summed E-state index contributed by atoms with van der Waals surface area (Å²) in [7, 11) is 3.08. The molecule has 2 N–H and O–H groups in total. The topological polar surface area (TPSA) is 122 Å². The summed E-state index contributed by atoms with van der Waals surface area (Å²) in [6, 6.07) is 8.64. The number of aromatic amines is 1. The van der Waals surface area contributed by atoms with E-state index in [1.165, 1.54) is 18.0 Å². The number of benzene rings is 1. The van der Waals surface area contributed by atoms with Crippen LogP contribution in [-0.2, 0) is 4.74 Å². The lowest BCUT2D eigenvalue weighted by Crippen LogP contribution is -2.25. The molecule has 1 amide bonds. The van der Waals surface area contributed by atoms with Crippen LogP contribution in [0.5, 0.6) is 5.75 Å². The molecule has 0 unspecified atom stereocenters. The maximum absolute atomic E-state index is 13.0. The van der Waals surface area contributed by atoms with Gasteiger partial charge >= 0.3 is 0 Å². The molecule has 3 rings (SSSR count).